The van der Waals surface area contributed by atoms with Gasteiger partial charge in [-0.25, -0.2) is 18.6 Å². The van der Waals surface area contributed by atoms with Gasteiger partial charge in [-0.2, -0.15) is 0 Å². The molecule has 5 nitrogen and oxygen atoms in total. The fourth-order valence-corrected chi connectivity index (χ4v) is 3.58. The van der Waals surface area contributed by atoms with Crippen LogP contribution in [-0.4, -0.2) is 48.1 Å². The minimum Gasteiger partial charge on any atom is -0.345 e. The molecule has 1 fully saturated rings. The number of nitrogens with one attached hydrogen (secondary N) is 1. The number of rotatable bonds is 2. The molecule has 1 N–H and O–H groups in total. The first-order valence-corrected chi connectivity index (χ1v) is 8.31. The quantitative estimate of drug-likeness (QED) is 0.914. The van der Waals surface area contributed by atoms with Crippen LogP contribution in [0.2, 0.25) is 0 Å². The van der Waals surface area contributed by atoms with Gasteiger partial charge in [-0.1, -0.05) is 11.3 Å². The summed E-state index contributed by atoms with van der Waals surface area (Å²) in [6.45, 7) is 6.23. The molecular weight excluding hydrogens is 322 g/mol. The standard InChI is InChI=1S/C15H18F2N4OS/c1-9(2)18-14(22)20-3-5-21(6-4-20)15-19-13-11(17)7-10(16)8-12(13)23-15/h7-9H,3-6H2,1-2H3,(H,18,22). The van der Waals surface area contributed by atoms with E-state index in [1.54, 1.807) is 4.90 Å². The van der Waals surface area contributed by atoms with E-state index in [4.69, 9.17) is 0 Å². The van der Waals surface area contributed by atoms with Gasteiger partial charge in [0.15, 0.2) is 10.9 Å². The third-order valence-electron chi connectivity index (χ3n) is 3.65. The molecule has 124 valence electrons. The Morgan fingerprint density at radius 1 is 1.26 bits per heavy atom. The van der Waals surface area contributed by atoms with Crippen molar-refractivity contribution in [2.45, 2.75) is 19.9 Å². The number of nitrogens with zero attached hydrogens (tertiary/aromatic N) is 3. The fourth-order valence-electron chi connectivity index (χ4n) is 2.52. The molecule has 0 radical (unpaired) electrons. The van der Waals surface area contributed by atoms with Crippen LogP contribution in [0.3, 0.4) is 0 Å². The van der Waals surface area contributed by atoms with E-state index in [2.05, 4.69) is 10.3 Å². The second kappa shape index (κ2) is 6.27. The molecule has 2 amide bonds. The Bertz CT molecular complexity index is 726. The number of hydrogen-bond acceptors (Lipinski definition) is 4. The summed E-state index contributed by atoms with van der Waals surface area (Å²) in [5, 5.41) is 3.53. The number of carbonyl (C=O) groups is 1. The number of aromatic nitrogens is 1. The second-order valence-corrected chi connectivity index (χ2v) is 6.82. The first kappa shape index (κ1) is 15.9. The molecule has 2 aromatic rings. The van der Waals surface area contributed by atoms with Gasteiger partial charge in [0.25, 0.3) is 0 Å². The van der Waals surface area contributed by atoms with Crippen LogP contribution in [0.4, 0.5) is 18.7 Å². The lowest BCUT2D eigenvalue weighted by Gasteiger charge is -2.34. The third kappa shape index (κ3) is 3.36. The minimum atomic E-state index is -0.641. The van der Waals surface area contributed by atoms with Crippen molar-refractivity contribution in [1.29, 1.82) is 0 Å². The normalized spacial score (nSPS) is 15.5. The van der Waals surface area contributed by atoms with Crippen LogP contribution in [0, 0.1) is 11.6 Å². The van der Waals surface area contributed by atoms with E-state index < -0.39 is 11.6 Å². The smallest absolute Gasteiger partial charge is 0.317 e. The highest BCUT2D eigenvalue weighted by atomic mass is 32.1. The van der Waals surface area contributed by atoms with Crippen LogP contribution in [0.5, 0.6) is 0 Å². The first-order valence-electron chi connectivity index (χ1n) is 7.50. The van der Waals surface area contributed by atoms with Crippen LogP contribution < -0.4 is 10.2 Å². The van der Waals surface area contributed by atoms with Gasteiger partial charge in [0.1, 0.15) is 11.3 Å². The fraction of sp³-hybridized carbons (Fsp3) is 0.467. The molecular formula is C15H18F2N4OS. The van der Waals surface area contributed by atoms with Gasteiger partial charge in [-0.05, 0) is 19.9 Å². The van der Waals surface area contributed by atoms with Crippen molar-refractivity contribution in [2.75, 3.05) is 31.1 Å². The molecule has 0 aliphatic carbocycles. The van der Waals surface area contributed by atoms with Crippen molar-refractivity contribution in [3.63, 3.8) is 0 Å². The lowest BCUT2D eigenvalue weighted by Crippen LogP contribution is -2.52. The molecule has 0 saturated carbocycles. The van der Waals surface area contributed by atoms with Crippen LogP contribution in [-0.2, 0) is 0 Å². The summed E-state index contributed by atoms with van der Waals surface area (Å²) in [6, 6.07) is 2.17. The Balaban J connectivity index is 1.70. The lowest BCUT2D eigenvalue weighted by molar-refractivity contribution is 0.192. The number of urea groups is 1. The maximum atomic E-state index is 13.7. The summed E-state index contributed by atoms with van der Waals surface area (Å²) in [5.74, 6) is -1.24. The number of halogens is 2. The summed E-state index contributed by atoms with van der Waals surface area (Å²) in [6.07, 6.45) is 0. The van der Waals surface area contributed by atoms with Gasteiger partial charge in [0.05, 0.1) is 4.70 Å². The van der Waals surface area contributed by atoms with Crippen molar-refractivity contribution in [2.24, 2.45) is 0 Å². The molecule has 0 unspecified atom stereocenters. The van der Waals surface area contributed by atoms with Crippen molar-refractivity contribution >= 4 is 32.7 Å². The molecule has 3 rings (SSSR count). The summed E-state index contributed by atoms with van der Waals surface area (Å²) >= 11 is 1.27. The Hall–Kier alpha value is -1.96. The Morgan fingerprint density at radius 2 is 1.96 bits per heavy atom. The van der Waals surface area contributed by atoms with E-state index in [0.717, 1.165) is 6.07 Å². The molecule has 23 heavy (non-hydrogen) atoms. The number of carbonyl (C=O) groups excluding carboxylic acids is 1. The minimum absolute atomic E-state index is 0.0722. The zero-order chi connectivity index (χ0) is 16.6. The van der Waals surface area contributed by atoms with Crippen molar-refractivity contribution in [3.8, 4) is 0 Å². The zero-order valence-electron chi connectivity index (χ0n) is 13.0. The predicted molar refractivity (Wildman–Crippen MR) is 87.0 cm³/mol. The number of thiazole rings is 1. The molecule has 0 spiro atoms. The molecule has 0 atom stereocenters. The van der Waals surface area contributed by atoms with Crippen LogP contribution in [0.25, 0.3) is 10.2 Å². The van der Waals surface area contributed by atoms with Gasteiger partial charge in [0, 0.05) is 38.3 Å². The number of fused-ring (bicyclic) bond motifs is 1. The van der Waals surface area contributed by atoms with Gasteiger partial charge >= 0.3 is 6.03 Å². The SMILES string of the molecule is CC(C)NC(=O)N1CCN(c2nc3c(F)cc(F)cc3s2)CC1. The van der Waals surface area contributed by atoms with Gasteiger partial charge in [0.2, 0.25) is 0 Å². The molecule has 1 aromatic heterocycles. The van der Waals surface area contributed by atoms with Crippen molar-refractivity contribution < 1.29 is 13.6 Å². The highest BCUT2D eigenvalue weighted by Crippen LogP contribution is 2.31. The molecule has 1 saturated heterocycles. The van der Waals surface area contributed by atoms with E-state index in [9.17, 15) is 13.6 Å². The van der Waals surface area contributed by atoms with E-state index >= 15 is 0 Å². The highest BCUT2D eigenvalue weighted by Gasteiger charge is 2.24. The molecule has 8 heteroatoms. The van der Waals surface area contributed by atoms with Crippen LogP contribution in [0.1, 0.15) is 13.8 Å². The predicted octanol–water partition coefficient (Wildman–Crippen LogP) is 2.81. The molecule has 1 aromatic carbocycles. The number of piperazine rings is 1. The summed E-state index contributed by atoms with van der Waals surface area (Å²) in [7, 11) is 0. The Labute approximate surface area is 136 Å². The maximum Gasteiger partial charge on any atom is 0.317 e. The van der Waals surface area contributed by atoms with E-state index in [-0.39, 0.29) is 17.6 Å². The summed E-state index contributed by atoms with van der Waals surface area (Å²) in [4.78, 5) is 20.0. The van der Waals surface area contributed by atoms with Crippen molar-refractivity contribution in [1.82, 2.24) is 15.2 Å². The Kier molecular flexibility index (Phi) is 4.34. The molecule has 0 bridgehead atoms. The van der Waals surface area contributed by atoms with E-state index in [1.165, 1.54) is 17.4 Å². The lowest BCUT2D eigenvalue weighted by atomic mass is 10.3. The molecule has 1 aliphatic rings. The van der Waals surface area contributed by atoms with E-state index in [0.29, 0.717) is 36.0 Å². The molecule has 2 heterocycles. The average Bonchev–Trinajstić information content (AvgIpc) is 2.91. The Morgan fingerprint density at radius 3 is 2.61 bits per heavy atom. The first-order chi connectivity index (χ1) is 10.9. The van der Waals surface area contributed by atoms with Crippen molar-refractivity contribution in [3.05, 3.63) is 23.8 Å². The number of anilines is 1. The summed E-state index contributed by atoms with van der Waals surface area (Å²) < 4.78 is 27.5. The maximum absolute atomic E-state index is 13.7. The number of amides is 2. The van der Waals surface area contributed by atoms with Crippen LogP contribution >= 0.6 is 11.3 Å². The number of hydrogen-bond donors (Lipinski definition) is 1. The molecule has 1 aliphatic heterocycles. The topological polar surface area (TPSA) is 48.5 Å². The zero-order valence-corrected chi connectivity index (χ0v) is 13.8. The van der Waals surface area contributed by atoms with E-state index in [1.807, 2.05) is 18.7 Å². The van der Waals surface area contributed by atoms with Gasteiger partial charge < -0.3 is 15.1 Å². The monoisotopic (exact) mass is 340 g/mol. The second-order valence-electron chi connectivity index (χ2n) is 5.81. The highest BCUT2D eigenvalue weighted by molar-refractivity contribution is 7.22. The average molecular weight is 340 g/mol. The number of benzene rings is 1. The summed E-state index contributed by atoms with van der Waals surface area (Å²) in [5.41, 5.74) is 0.200. The largest absolute Gasteiger partial charge is 0.345 e. The van der Waals surface area contributed by atoms with Crippen LogP contribution in [0.15, 0.2) is 12.1 Å². The third-order valence-corrected chi connectivity index (χ3v) is 4.71. The van der Waals surface area contributed by atoms with Gasteiger partial charge in [-0.3, -0.25) is 0 Å². The van der Waals surface area contributed by atoms with Gasteiger partial charge in [-0.15, -0.1) is 0 Å².